The van der Waals surface area contributed by atoms with Crippen LogP contribution in [0, 0.1) is 19.8 Å². The first-order valence-electron chi connectivity index (χ1n) is 6.55. The molecule has 1 aromatic heterocycles. The van der Waals surface area contributed by atoms with Gasteiger partial charge in [-0.05, 0) is 36.3 Å². The second-order valence-corrected chi connectivity index (χ2v) is 5.07. The number of aryl methyl sites for hydroxylation is 3. The lowest BCUT2D eigenvalue weighted by Crippen LogP contribution is -2.14. The van der Waals surface area contributed by atoms with Crippen LogP contribution in [0.25, 0.3) is 11.4 Å². The summed E-state index contributed by atoms with van der Waals surface area (Å²) in [5.74, 6) is -0.530. The molecule has 2 rings (SSSR count). The van der Waals surface area contributed by atoms with Gasteiger partial charge in [0.25, 0.3) is 0 Å². The van der Waals surface area contributed by atoms with Gasteiger partial charge in [-0.3, -0.25) is 4.79 Å². The summed E-state index contributed by atoms with van der Waals surface area (Å²) in [6.07, 6.45) is 0.498. The smallest absolute Gasteiger partial charge is 0.306 e. The van der Waals surface area contributed by atoms with Crippen LogP contribution in [-0.2, 0) is 11.3 Å². The van der Waals surface area contributed by atoms with E-state index in [1.54, 1.807) is 11.6 Å². The molecule has 1 aromatic carbocycles. The van der Waals surface area contributed by atoms with Crippen LogP contribution in [0.4, 0.5) is 0 Å². The van der Waals surface area contributed by atoms with Gasteiger partial charge in [-0.1, -0.05) is 30.7 Å². The molecule has 1 N–H and O–H groups in total. The number of nitrogens with zero attached hydrogens (tertiary/aromatic N) is 4. The SMILES string of the molecule is Cc1ccc(-c2nnnn2CCC(C)C(=O)O)c(C)c1. The second-order valence-electron chi connectivity index (χ2n) is 5.07. The van der Waals surface area contributed by atoms with Crippen LogP contribution < -0.4 is 0 Å². The van der Waals surface area contributed by atoms with E-state index >= 15 is 0 Å². The van der Waals surface area contributed by atoms with Crippen molar-refractivity contribution >= 4 is 5.97 Å². The molecule has 0 saturated carbocycles. The minimum atomic E-state index is -0.800. The van der Waals surface area contributed by atoms with E-state index in [0.29, 0.717) is 18.8 Å². The number of aromatic nitrogens is 4. The van der Waals surface area contributed by atoms with Crippen LogP contribution >= 0.6 is 0 Å². The maximum absolute atomic E-state index is 10.8. The number of rotatable bonds is 5. The lowest BCUT2D eigenvalue weighted by atomic mass is 10.0. The molecule has 1 atom stereocenters. The standard InChI is InChI=1S/C14H18N4O2/c1-9-4-5-12(11(3)8-9)13-15-16-17-18(13)7-6-10(2)14(19)20/h4-5,8,10H,6-7H2,1-3H3,(H,19,20). The zero-order valence-corrected chi connectivity index (χ0v) is 11.9. The van der Waals surface area contributed by atoms with Crippen molar-refractivity contribution < 1.29 is 9.90 Å². The number of benzene rings is 1. The largest absolute Gasteiger partial charge is 0.481 e. The Morgan fingerprint density at radius 3 is 2.80 bits per heavy atom. The summed E-state index contributed by atoms with van der Waals surface area (Å²) >= 11 is 0. The van der Waals surface area contributed by atoms with E-state index in [9.17, 15) is 4.79 Å². The van der Waals surface area contributed by atoms with Gasteiger partial charge in [0.15, 0.2) is 5.82 Å². The molecular formula is C14H18N4O2. The molecule has 0 aliphatic carbocycles. The van der Waals surface area contributed by atoms with Gasteiger partial charge in [-0.25, -0.2) is 4.68 Å². The average Bonchev–Trinajstić information content (AvgIpc) is 2.84. The van der Waals surface area contributed by atoms with Crippen LogP contribution in [0.1, 0.15) is 24.5 Å². The monoisotopic (exact) mass is 274 g/mol. The summed E-state index contributed by atoms with van der Waals surface area (Å²) in [5.41, 5.74) is 3.26. The molecule has 0 amide bonds. The van der Waals surface area contributed by atoms with E-state index in [0.717, 1.165) is 11.1 Å². The molecule has 0 spiro atoms. The Morgan fingerprint density at radius 1 is 1.40 bits per heavy atom. The van der Waals surface area contributed by atoms with Crippen molar-refractivity contribution in [2.75, 3.05) is 0 Å². The van der Waals surface area contributed by atoms with Gasteiger partial charge < -0.3 is 5.11 Å². The summed E-state index contributed by atoms with van der Waals surface area (Å²) in [6.45, 7) is 6.22. The fourth-order valence-electron chi connectivity index (χ4n) is 2.05. The highest BCUT2D eigenvalue weighted by Gasteiger charge is 2.15. The first-order chi connectivity index (χ1) is 9.49. The van der Waals surface area contributed by atoms with Crippen molar-refractivity contribution in [3.63, 3.8) is 0 Å². The molecule has 106 valence electrons. The van der Waals surface area contributed by atoms with Crippen LogP contribution in [0.2, 0.25) is 0 Å². The molecule has 0 saturated heterocycles. The zero-order valence-electron chi connectivity index (χ0n) is 11.9. The third-order valence-corrected chi connectivity index (χ3v) is 3.35. The van der Waals surface area contributed by atoms with E-state index in [1.807, 2.05) is 26.0 Å². The van der Waals surface area contributed by atoms with Gasteiger partial charge in [0.05, 0.1) is 5.92 Å². The Labute approximate surface area is 117 Å². The van der Waals surface area contributed by atoms with Gasteiger partial charge >= 0.3 is 5.97 Å². The van der Waals surface area contributed by atoms with Gasteiger partial charge in [-0.2, -0.15) is 0 Å². The predicted octanol–water partition coefficient (Wildman–Crippen LogP) is 2.07. The topological polar surface area (TPSA) is 80.9 Å². The number of carbonyl (C=O) groups is 1. The first kappa shape index (κ1) is 14.2. The second kappa shape index (κ2) is 5.81. The molecular weight excluding hydrogens is 256 g/mol. The van der Waals surface area contributed by atoms with Crippen LogP contribution in [0.15, 0.2) is 18.2 Å². The molecule has 1 unspecified atom stereocenters. The van der Waals surface area contributed by atoms with E-state index in [1.165, 1.54) is 5.56 Å². The fourth-order valence-corrected chi connectivity index (χ4v) is 2.05. The molecule has 6 nitrogen and oxygen atoms in total. The molecule has 6 heteroatoms. The van der Waals surface area contributed by atoms with Gasteiger partial charge in [0.1, 0.15) is 0 Å². The first-order valence-corrected chi connectivity index (χ1v) is 6.55. The quantitative estimate of drug-likeness (QED) is 0.902. The number of carboxylic acids is 1. The fraction of sp³-hybridized carbons (Fsp3) is 0.429. The molecule has 0 bridgehead atoms. The average molecular weight is 274 g/mol. The maximum Gasteiger partial charge on any atom is 0.306 e. The van der Waals surface area contributed by atoms with E-state index in [-0.39, 0.29) is 0 Å². The van der Waals surface area contributed by atoms with Crippen molar-refractivity contribution in [3.8, 4) is 11.4 Å². The molecule has 0 aliphatic heterocycles. The number of aliphatic carboxylic acids is 1. The number of tetrazole rings is 1. The minimum Gasteiger partial charge on any atom is -0.481 e. The van der Waals surface area contributed by atoms with Gasteiger partial charge in [0, 0.05) is 12.1 Å². The third kappa shape index (κ3) is 3.01. The van der Waals surface area contributed by atoms with Crippen molar-refractivity contribution in [1.29, 1.82) is 0 Å². The van der Waals surface area contributed by atoms with Crippen molar-refractivity contribution in [2.45, 2.75) is 33.7 Å². The van der Waals surface area contributed by atoms with E-state index in [4.69, 9.17) is 5.11 Å². The van der Waals surface area contributed by atoms with Crippen LogP contribution in [0.3, 0.4) is 0 Å². The molecule has 0 aliphatic rings. The number of carboxylic acid groups (broad SMARTS) is 1. The Bertz CT molecular complexity index is 621. The predicted molar refractivity (Wildman–Crippen MR) is 74.1 cm³/mol. The number of hydrogen-bond donors (Lipinski definition) is 1. The zero-order chi connectivity index (χ0) is 14.7. The van der Waals surface area contributed by atoms with E-state index in [2.05, 4.69) is 21.6 Å². The van der Waals surface area contributed by atoms with Crippen LogP contribution in [0.5, 0.6) is 0 Å². The number of hydrogen-bond acceptors (Lipinski definition) is 4. The molecule has 20 heavy (non-hydrogen) atoms. The maximum atomic E-state index is 10.8. The summed E-state index contributed by atoms with van der Waals surface area (Å²) in [5, 5.41) is 20.6. The molecule has 1 heterocycles. The highest BCUT2D eigenvalue weighted by molar-refractivity contribution is 5.69. The Balaban J connectivity index is 2.22. The summed E-state index contributed by atoms with van der Waals surface area (Å²) in [7, 11) is 0. The van der Waals surface area contributed by atoms with E-state index < -0.39 is 11.9 Å². The highest BCUT2D eigenvalue weighted by atomic mass is 16.4. The Hall–Kier alpha value is -2.24. The Kier molecular flexibility index (Phi) is 4.12. The normalized spacial score (nSPS) is 12.3. The summed E-state index contributed by atoms with van der Waals surface area (Å²) in [6, 6.07) is 6.09. The molecule has 0 radical (unpaired) electrons. The molecule has 2 aromatic rings. The van der Waals surface area contributed by atoms with Crippen molar-refractivity contribution in [3.05, 3.63) is 29.3 Å². The van der Waals surface area contributed by atoms with Gasteiger partial charge in [0.2, 0.25) is 0 Å². The van der Waals surface area contributed by atoms with Gasteiger partial charge in [-0.15, -0.1) is 5.10 Å². The third-order valence-electron chi connectivity index (χ3n) is 3.35. The lowest BCUT2D eigenvalue weighted by molar-refractivity contribution is -0.141. The van der Waals surface area contributed by atoms with Crippen molar-refractivity contribution in [2.24, 2.45) is 5.92 Å². The lowest BCUT2D eigenvalue weighted by Gasteiger charge is -2.09. The summed E-state index contributed by atoms with van der Waals surface area (Å²) < 4.78 is 1.66. The van der Waals surface area contributed by atoms with Crippen molar-refractivity contribution in [1.82, 2.24) is 20.2 Å². The minimum absolute atomic E-state index is 0.411. The van der Waals surface area contributed by atoms with Crippen LogP contribution in [-0.4, -0.2) is 31.3 Å². The molecule has 0 fully saturated rings. The highest BCUT2D eigenvalue weighted by Crippen LogP contribution is 2.22. The summed E-state index contributed by atoms with van der Waals surface area (Å²) in [4.78, 5) is 10.8. The Morgan fingerprint density at radius 2 is 2.15 bits per heavy atom.